The normalized spacial score (nSPS) is 14.9. The van der Waals surface area contributed by atoms with Crippen molar-refractivity contribution in [1.82, 2.24) is 14.8 Å². The molecule has 0 aliphatic carbocycles. The summed E-state index contributed by atoms with van der Waals surface area (Å²) in [6.45, 7) is 1.81. The number of aliphatic hydroxyl groups is 1. The number of allylic oxidation sites excluding steroid dienone is 1. The lowest BCUT2D eigenvalue weighted by Crippen LogP contribution is -2.31. The van der Waals surface area contributed by atoms with E-state index in [1.807, 2.05) is 6.07 Å². The Morgan fingerprint density at radius 3 is 2.65 bits per heavy atom. The van der Waals surface area contributed by atoms with Crippen LogP contribution in [0.3, 0.4) is 0 Å². The number of amides is 1. The highest BCUT2D eigenvalue weighted by Gasteiger charge is 2.36. The number of aryl methyl sites for hydroxylation is 1. The van der Waals surface area contributed by atoms with Gasteiger partial charge in [-0.3, -0.25) is 4.79 Å². The van der Waals surface area contributed by atoms with Crippen LogP contribution in [0.2, 0.25) is 0 Å². The number of rotatable bonds is 8. The van der Waals surface area contributed by atoms with Crippen molar-refractivity contribution in [2.24, 2.45) is 0 Å². The van der Waals surface area contributed by atoms with Gasteiger partial charge in [0.25, 0.3) is 5.91 Å². The van der Waals surface area contributed by atoms with E-state index in [9.17, 15) is 14.3 Å². The van der Waals surface area contributed by atoms with Crippen LogP contribution in [0.15, 0.2) is 53.7 Å². The van der Waals surface area contributed by atoms with Gasteiger partial charge in [0.05, 0.1) is 19.8 Å². The number of ether oxygens (including phenoxy) is 2. The Morgan fingerprint density at radius 1 is 1.21 bits per heavy atom. The number of halogens is 1. The Labute approximate surface area is 196 Å². The molecular weight excluding hydrogens is 441 g/mol. The molecule has 34 heavy (non-hydrogen) atoms. The topological polar surface area (TPSA) is 111 Å². The molecule has 0 saturated carbocycles. The van der Waals surface area contributed by atoms with Crippen LogP contribution in [0.25, 0.3) is 0 Å². The second-order valence-corrected chi connectivity index (χ2v) is 7.76. The zero-order valence-electron chi connectivity index (χ0n) is 19.1. The van der Waals surface area contributed by atoms with E-state index in [1.165, 1.54) is 24.3 Å². The molecule has 3 N–H and O–H groups in total. The zero-order chi connectivity index (χ0) is 24.2. The van der Waals surface area contributed by atoms with Gasteiger partial charge in [0.1, 0.15) is 23.4 Å². The lowest BCUT2D eigenvalue weighted by molar-refractivity contribution is -0.113. The number of hydrogen-bond acceptors (Lipinski definition) is 7. The summed E-state index contributed by atoms with van der Waals surface area (Å²) in [7, 11) is 3.11. The maximum absolute atomic E-state index is 13.5. The van der Waals surface area contributed by atoms with E-state index in [0.717, 1.165) is 0 Å². The van der Waals surface area contributed by atoms with Gasteiger partial charge in [0, 0.05) is 36.0 Å². The van der Waals surface area contributed by atoms with Crippen molar-refractivity contribution in [3.8, 4) is 11.5 Å². The standard InChI is InChI=1S/C24H26FN5O4/c1-14-21(23(32)27-16-8-6-15(25)7-9-16)22(18-11-10-17(33-2)13-19(18)34-3)30-24(26-14)28-20(29-30)5-4-12-31/h6-11,13,22,31H,4-5,12H2,1-3H3,(H,27,32)(H,26,28,29). The number of carbonyl (C=O) groups excluding carboxylic acids is 1. The Balaban J connectivity index is 1.81. The Morgan fingerprint density at radius 2 is 1.97 bits per heavy atom. The van der Waals surface area contributed by atoms with Crippen LogP contribution >= 0.6 is 0 Å². The fraction of sp³-hybridized carbons (Fsp3) is 0.292. The van der Waals surface area contributed by atoms with Crippen molar-refractivity contribution in [3.05, 3.63) is 70.9 Å². The third-order valence-corrected chi connectivity index (χ3v) is 5.54. The van der Waals surface area contributed by atoms with E-state index in [1.54, 1.807) is 38.0 Å². The van der Waals surface area contributed by atoms with Crippen molar-refractivity contribution in [2.45, 2.75) is 25.8 Å². The van der Waals surface area contributed by atoms with Crippen molar-refractivity contribution in [3.63, 3.8) is 0 Å². The highest BCUT2D eigenvalue weighted by molar-refractivity contribution is 6.06. The first-order chi connectivity index (χ1) is 16.4. The highest BCUT2D eigenvalue weighted by atomic mass is 19.1. The Kier molecular flexibility index (Phi) is 6.78. The number of nitrogens with zero attached hydrogens (tertiary/aromatic N) is 3. The predicted octanol–water partition coefficient (Wildman–Crippen LogP) is 3.29. The maximum atomic E-state index is 13.5. The molecule has 178 valence electrons. The van der Waals surface area contributed by atoms with Gasteiger partial charge < -0.3 is 25.2 Å². The molecule has 10 heteroatoms. The molecule has 0 fully saturated rings. The van der Waals surface area contributed by atoms with Gasteiger partial charge in [-0.2, -0.15) is 10.1 Å². The van der Waals surface area contributed by atoms with Crippen LogP contribution < -0.4 is 20.1 Å². The molecule has 1 atom stereocenters. The van der Waals surface area contributed by atoms with Crippen LogP contribution in [0.4, 0.5) is 16.0 Å². The average Bonchev–Trinajstić information content (AvgIpc) is 3.25. The summed E-state index contributed by atoms with van der Waals surface area (Å²) in [6.07, 6.45) is 1.01. The number of carbonyl (C=O) groups is 1. The predicted molar refractivity (Wildman–Crippen MR) is 124 cm³/mol. The van der Waals surface area contributed by atoms with Crippen LogP contribution in [0.5, 0.6) is 11.5 Å². The number of fused-ring (bicyclic) bond motifs is 1. The Hall–Kier alpha value is -3.92. The van der Waals surface area contributed by atoms with E-state index in [-0.39, 0.29) is 12.5 Å². The van der Waals surface area contributed by atoms with Gasteiger partial charge >= 0.3 is 0 Å². The monoisotopic (exact) mass is 467 g/mol. The molecule has 3 aromatic rings. The minimum absolute atomic E-state index is 0.0234. The number of methoxy groups -OCH3 is 2. The molecule has 2 heterocycles. The average molecular weight is 468 g/mol. The molecule has 1 aliphatic rings. The SMILES string of the molecule is COc1ccc(C2C(C(=O)Nc3ccc(F)cc3)=C(C)Nc3nc(CCCO)nn32)c(OC)c1. The summed E-state index contributed by atoms with van der Waals surface area (Å²) in [5, 5.41) is 19.8. The molecule has 2 aromatic carbocycles. The van der Waals surface area contributed by atoms with Crippen molar-refractivity contribution < 1.29 is 23.8 Å². The van der Waals surface area contributed by atoms with E-state index >= 15 is 0 Å². The van der Waals surface area contributed by atoms with Crippen LogP contribution in [-0.2, 0) is 11.2 Å². The molecule has 0 bridgehead atoms. The number of nitrogens with one attached hydrogen (secondary N) is 2. The molecule has 1 amide bonds. The zero-order valence-corrected chi connectivity index (χ0v) is 19.1. The number of benzene rings is 2. The number of hydrogen-bond donors (Lipinski definition) is 3. The number of anilines is 2. The van der Waals surface area contributed by atoms with Crippen molar-refractivity contribution in [1.29, 1.82) is 0 Å². The summed E-state index contributed by atoms with van der Waals surface area (Å²) in [5.41, 5.74) is 2.14. The summed E-state index contributed by atoms with van der Waals surface area (Å²) >= 11 is 0. The molecule has 0 spiro atoms. The summed E-state index contributed by atoms with van der Waals surface area (Å²) in [4.78, 5) is 18.0. The third-order valence-electron chi connectivity index (χ3n) is 5.54. The first kappa shape index (κ1) is 23.2. The van der Waals surface area contributed by atoms with Gasteiger partial charge in [-0.15, -0.1) is 0 Å². The minimum atomic E-state index is -0.659. The molecular formula is C24H26FN5O4. The van der Waals surface area contributed by atoms with Gasteiger partial charge in [0.15, 0.2) is 5.82 Å². The van der Waals surface area contributed by atoms with Crippen LogP contribution in [-0.4, -0.2) is 46.6 Å². The van der Waals surface area contributed by atoms with Crippen LogP contribution in [0, 0.1) is 5.82 Å². The molecule has 0 saturated heterocycles. The first-order valence-electron chi connectivity index (χ1n) is 10.8. The van der Waals surface area contributed by atoms with Crippen LogP contribution in [0.1, 0.15) is 30.8 Å². The lowest BCUT2D eigenvalue weighted by atomic mass is 9.94. The smallest absolute Gasteiger partial charge is 0.255 e. The fourth-order valence-corrected chi connectivity index (χ4v) is 3.90. The molecule has 1 aromatic heterocycles. The Bertz CT molecular complexity index is 1220. The van der Waals surface area contributed by atoms with E-state index < -0.39 is 11.9 Å². The van der Waals surface area contributed by atoms with Gasteiger partial charge in [-0.05, 0) is 49.7 Å². The summed E-state index contributed by atoms with van der Waals surface area (Å²) in [6, 6.07) is 10.2. The molecule has 1 aliphatic heterocycles. The lowest BCUT2D eigenvalue weighted by Gasteiger charge is -2.29. The second kappa shape index (κ2) is 9.92. The highest BCUT2D eigenvalue weighted by Crippen LogP contribution is 2.40. The van der Waals surface area contributed by atoms with Crippen molar-refractivity contribution >= 4 is 17.5 Å². The molecule has 1 unspecified atom stereocenters. The molecule has 4 rings (SSSR count). The van der Waals surface area contributed by atoms with E-state index in [4.69, 9.17) is 9.47 Å². The third kappa shape index (κ3) is 4.58. The van der Waals surface area contributed by atoms with Gasteiger partial charge in [-0.1, -0.05) is 0 Å². The largest absolute Gasteiger partial charge is 0.497 e. The first-order valence-corrected chi connectivity index (χ1v) is 10.8. The van der Waals surface area contributed by atoms with Gasteiger partial charge in [0.2, 0.25) is 5.95 Å². The minimum Gasteiger partial charge on any atom is -0.497 e. The molecule has 9 nitrogen and oxygen atoms in total. The number of aromatic nitrogens is 3. The quantitative estimate of drug-likeness (QED) is 0.466. The van der Waals surface area contributed by atoms with E-state index in [2.05, 4.69) is 20.7 Å². The maximum Gasteiger partial charge on any atom is 0.255 e. The molecule has 0 radical (unpaired) electrons. The second-order valence-electron chi connectivity index (χ2n) is 7.76. The fourth-order valence-electron chi connectivity index (χ4n) is 3.90. The van der Waals surface area contributed by atoms with E-state index in [0.29, 0.717) is 58.6 Å². The summed E-state index contributed by atoms with van der Waals surface area (Å²) < 4.78 is 25.9. The van der Waals surface area contributed by atoms with Gasteiger partial charge in [-0.25, -0.2) is 9.07 Å². The van der Waals surface area contributed by atoms with Crippen molar-refractivity contribution in [2.75, 3.05) is 31.5 Å². The number of aliphatic hydroxyl groups excluding tert-OH is 1. The summed E-state index contributed by atoms with van der Waals surface area (Å²) in [5.74, 6) is 1.38.